The normalized spacial score (nSPS) is 17.3. The summed E-state index contributed by atoms with van der Waals surface area (Å²) in [5.41, 5.74) is 7.04. The van der Waals surface area contributed by atoms with E-state index >= 15 is 0 Å². The molecular formula is C32H18N4O2. The highest BCUT2D eigenvalue weighted by molar-refractivity contribution is 6.55. The highest BCUT2D eigenvalue weighted by Crippen LogP contribution is 2.40. The van der Waals surface area contributed by atoms with Crippen LogP contribution in [0.4, 0.5) is 11.4 Å². The number of nitrogens with zero attached hydrogens (tertiary/aromatic N) is 2. The van der Waals surface area contributed by atoms with Gasteiger partial charge < -0.3 is 10.3 Å². The Kier molecular flexibility index (Phi) is 4.14. The average Bonchev–Trinajstić information content (AvgIpc) is 3.69. The van der Waals surface area contributed by atoms with Crippen molar-refractivity contribution in [3.05, 3.63) is 141 Å². The van der Waals surface area contributed by atoms with Crippen molar-refractivity contribution in [3.8, 4) is 0 Å². The number of para-hydroxylation sites is 4. The molecule has 0 unspecified atom stereocenters. The minimum Gasteiger partial charge on any atom is -0.353 e. The topological polar surface area (TPSA) is 86.7 Å². The minimum absolute atomic E-state index is 0.104. The lowest BCUT2D eigenvalue weighted by Crippen LogP contribution is -2.23. The molecule has 2 N–H and O–H groups in total. The van der Waals surface area contributed by atoms with Crippen LogP contribution in [0.15, 0.2) is 118 Å². The first kappa shape index (κ1) is 20.8. The van der Waals surface area contributed by atoms with Crippen molar-refractivity contribution in [3.63, 3.8) is 0 Å². The molecule has 0 radical (unpaired) electrons. The Bertz CT molecular complexity index is 2100. The average molecular weight is 491 g/mol. The van der Waals surface area contributed by atoms with Crippen molar-refractivity contribution in [2.24, 2.45) is 9.98 Å². The lowest BCUT2D eigenvalue weighted by molar-refractivity contribution is 0.103. The molecule has 5 aromatic rings. The Hall–Kier alpha value is -5.36. The summed E-state index contributed by atoms with van der Waals surface area (Å²) in [5.74, 6) is -0.235. The molecule has 4 aromatic carbocycles. The van der Waals surface area contributed by atoms with Crippen LogP contribution in [-0.4, -0.2) is 22.3 Å². The number of Topliss-reactive ketones (excluding diaryl/α,β-unsaturated/α-hetero) is 2. The molecule has 0 fully saturated rings. The van der Waals surface area contributed by atoms with E-state index in [1.807, 2.05) is 91.0 Å². The van der Waals surface area contributed by atoms with Gasteiger partial charge in [-0.05, 0) is 36.4 Å². The number of aliphatic imine (C=N–C) groups is 1. The fourth-order valence-corrected chi connectivity index (χ4v) is 5.61. The zero-order valence-corrected chi connectivity index (χ0v) is 19.9. The molecule has 0 atom stereocenters. The van der Waals surface area contributed by atoms with Crippen LogP contribution in [0.25, 0.3) is 16.5 Å². The van der Waals surface area contributed by atoms with Gasteiger partial charge in [0.05, 0.1) is 22.4 Å². The van der Waals surface area contributed by atoms with Crippen LogP contribution in [0.5, 0.6) is 0 Å². The number of H-pyrrole nitrogens is 1. The van der Waals surface area contributed by atoms with Gasteiger partial charge >= 0.3 is 0 Å². The Morgan fingerprint density at radius 1 is 0.658 bits per heavy atom. The summed E-state index contributed by atoms with van der Waals surface area (Å²) in [7, 11) is 0. The van der Waals surface area contributed by atoms with Crippen LogP contribution in [0.1, 0.15) is 32.0 Å². The lowest BCUT2D eigenvalue weighted by Gasteiger charge is -2.11. The first-order valence-electron chi connectivity index (χ1n) is 12.4. The third-order valence-corrected chi connectivity index (χ3v) is 7.33. The number of fused-ring (bicyclic) bond motifs is 4. The molecular weight excluding hydrogens is 472 g/mol. The van der Waals surface area contributed by atoms with Crippen LogP contribution in [0.2, 0.25) is 0 Å². The van der Waals surface area contributed by atoms with E-state index in [0.717, 1.165) is 38.3 Å². The summed E-state index contributed by atoms with van der Waals surface area (Å²) < 4.78 is 0. The van der Waals surface area contributed by atoms with Crippen LogP contribution in [-0.2, 0) is 0 Å². The molecule has 0 saturated carbocycles. The van der Waals surface area contributed by atoms with Crippen LogP contribution in [0, 0.1) is 0 Å². The maximum atomic E-state index is 13.6. The van der Waals surface area contributed by atoms with Crippen molar-refractivity contribution in [1.29, 1.82) is 0 Å². The summed E-state index contributed by atoms with van der Waals surface area (Å²) in [4.78, 5) is 40.3. The molecule has 0 amide bonds. The molecule has 38 heavy (non-hydrogen) atoms. The summed E-state index contributed by atoms with van der Waals surface area (Å²) >= 11 is 0. The summed E-state index contributed by atoms with van der Waals surface area (Å²) in [6.07, 6.45) is 0. The fourth-order valence-electron chi connectivity index (χ4n) is 5.61. The van der Waals surface area contributed by atoms with Gasteiger partial charge in [-0.1, -0.05) is 60.7 Å². The molecule has 6 nitrogen and oxygen atoms in total. The molecule has 3 aliphatic heterocycles. The van der Waals surface area contributed by atoms with Crippen molar-refractivity contribution >= 4 is 45.1 Å². The van der Waals surface area contributed by atoms with Crippen molar-refractivity contribution in [2.45, 2.75) is 0 Å². The third kappa shape index (κ3) is 2.77. The lowest BCUT2D eigenvalue weighted by atomic mass is 9.93. The van der Waals surface area contributed by atoms with E-state index in [-0.39, 0.29) is 11.6 Å². The van der Waals surface area contributed by atoms with Gasteiger partial charge in [0.15, 0.2) is 0 Å². The fraction of sp³-hybridized carbons (Fsp3) is 0. The van der Waals surface area contributed by atoms with E-state index in [1.165, 1.54) is 0 Å². The van der Waals surface area contributed by atoms with Gasteiger partial charge in [0.25, 0.3) is 0 Å². The van der Waals surface area contributed by atoms with Gasteiger partial charge in [0.1, 0.15) is 11.4 Å². The van der Waals surface area contributed by atoms with Gasteiger partial charge in [0, 0.05) is 44.1 Å². The monoisotopic (exact) mass is 490 g/mol. The maximum absolute atomic E-state index is 13.6. The first-order valence-corrected chi connectivity index (χ1v) is 12.4. The first-order chi connectivity index (χ1) is 18.7. The van der Waals surface area contributed by atoms with E-state index in [9.17, 15) is 9.59 Å². The minimum atomic E-state index is -0.131. The van der Waals surface area contributed by atoms with E-state index in [2.05, 4.69) is 10.3 Å². The number of hydrogen-bond donors (Lipinski definition) is 2. The number of carbonyl (C=O) groups is 2. The zero-order valence-electron chi connectivity index (χ0n) is 19.9. The number of anilines is 1. The summed E-state index contributed by atoms with van der Waals surface area (Å²) in [5, 5.41) is 5.92. The number of aromatic nitrogens is 1. The second-order valence-corrected chi connectivity index (χ2v) is 9.45. The standard InChI is InChI=1S/C32H18N4O2/c37-31-19-11-3-7-15-23(19)35-29(31)27-25(17-9-1-5-13-21(17)33-27)26-18-10-2-6-14-22(18)34-28(26)30-32(38)20-12-4-8-16-24(20)36-30/h1-16,33,36H/b30-28-. The SMILES string of the molecule is O=C1C(c2[nH]c3ccccc3c2C2=c3ccccc3=N/C2=C2\Nc3ccccc3C2=O)=Nc2ccccc21. The zero-order chi connectivity index (χ0) is 25.4. The summed E-state index contributed by atoms with van der Waals surface area (Å²) in [6.45, 7) is 0. The number of ketones is 2. The molecule has 0 aliphatic carbocycles. The molecule has 3 aliphatic rings. The number of nitrogens with one attached hydrogen (secondary N) is 2. The Morgan fingerprint density at radius 3 is 2.26 bits per heavy atom. The highest BCUT2D eigenvalue weighted by Gasteiger charge is 2.35. The number of aromatic amines is 1. The predicted octanol–water partition coefficient (Wildman–Crippen LogP) is 4.84. The van der Waals surface area contributed by atoms with Gasteiger partial charge in [-0.2, -0.15) is 0 Å². The quantitative estimate of drug-likeness (QED) is 0.347. The van der Waals surface area contributed by atoms with Crippen molar-refractivity contribution in [2.75, 3.05) is 5.32 Å². The van der Waals surface area contributed by atoms with E-state index < -0.39 is 0 Å². The molecule has 1 aromatic heterocycles. The van der Waals surface area contributed by atoms with Crippen LogP contribution >= 0.6 is 0 Å². The highest BCUT2D eigenvalue weighted by atomic mass is 16.1. The number of benzene rings is 4. The van der Waals surface area contributed by atoms with Gasteiger partial charge in [-0.3, -0.25) is 9.59 Å². The summed E-state index contributed by atoms with van der Waals surface area (Å²) in [6, 6.07) is 30.6. The molecule has 6 heteroatoms. The van der Waals surface area contributed by atoms with Crippen molar-refractivity contribution < 1.29 is 9.59 Å². The second-order valence-electron chi connectivity index (χ2n) is 9.45. The molecule has 0 bridgehead atoms. The maximum Gasteiger partial charge on any atom is 0.215 e. The molecule has 4 heterocycles. The Labute approximate surface area is 216 Å². The molecule has 8 rings (SSSR count). The van der Waals surface area contributed by atoms with Gasteiger partial charge in [-0.25, -0.2) is 9.98 Å². The van der Waals surface area contributed by atoms with Crippen LogP contribution < -0.4 is 15.9 Å². The van der Waals surface area contributed by atoms with Crippen molar-refractivity contribution in [1.82, 2.24) is 4.98 Å². The smallest absolute Gasteiger partial charge is 0.215 e. The number of carbonyl (C=O) groups excluding carboxylic acids is 2. The van der Waals surface area contributed by atoms with E-state index in [0.29, 0.717) is 39.6 Å². The largest absolute Gasteiger partial charge is 0.353 e. The second kappa shape index (κ2) is 7.57. The molecule has 178 valence electrons. The van der Waals surface area contributed by atoms with E-state index in [1.54, 1.807) is 6.07 Å². The number of rotatable bonds is 2. The van der Waals surface area contributed by atoms with E-state index in [4.69, 9.17) is 9.98 Å². The van der Waals surface area contributed by atoms with Gasteiger partial charge in [-0.15, -0.1) is 0 Å². The molecule has 0 saturated heterocycles. The number of allylic oxidation sites excluding steroid dienone is 2. The Balaban J connectivity index is 1.45. The Morgan fingerprint density at radius 2 is 1.39 bits per heavy atom. The predicted molar refractivity (Wildman–Crippen MR) is 146 cm³/mol. The number of hydrogen-bond acceptors (Lipinski definition) is 5. The molecule has 0 spiro atoms. The van der Waals surface area contributed by atoms with Crippen LogP contribution in [0.3, 0.4) is 0 Å². The third-order valence-electron chi connectivity index (χ3n) is 7.33. The van der Waals surface area contributed by atoms with Gasteiger partial charge in [0.2, 0.25) is 11.6 Å².